The molecule has 1 amide bonds. The van der Waals surface area contributed by atoms with Crippen LogP contribution in [0, 0.1) is 47.3 Å². The summed E-state index contributed by atoms with van der Waals surface area (Å²) in [7, 11) is 3.16. The molecule has 0 aromatic rings. The Morgan fingerprint density at radius 3 is 2.24 bits per heavy atom. The number of piperidine rings is 1. The average molecular weight is 924 g/mol. The third-order valence-electron chi connectivity index (χ3n) is 15.5. The second-order valence-corrected chi connectivity index (χ2v) is 20.6. The number of methoxy groups -OCH3 is 2. The van der Waals surface area contributed by atoms with Gasteiger partial charge in [-0.25, -0.2) is 4.79 Å². The average Bonchev–Trinajstić information content (AvgIpc) is 3.29. The van der Waals surface area contributed by atoms with Gasteiger partial charge in [0.2, 0.25) is 5.79 Å². The Kier molecular flexibility index (Phi) is 21.7. The largest absolute Gasteiger partial charge is 0.460 e. The molecule has 2 N–H and O–H groups in total. The maximum Gasteiger partial charge on any atom is 0.329 e. The number of rotatable bonds is 7. The molecule has 12 nitrogen and oxygen atoms in total. The molecule has 0 radical (unpaired) electrons. The summed E-state index contributed by atoms with van der Waals surface area (Å²) in [6, 6.07) is -1.09. The number of hydrogen-bond acceptors (Lipinski definition) is 11. The van der Waals surface area contributed by atoms with E-state index >= 15 is 0 Å². The van der Waals surface area contributed by atoms with Crippen molar-refractivity contribution < 1.29 is 53.1 Å². The minimum Gasteiger partial charge on any atom is -0.460 e. The molecule has 0 spiro atoms. The SMILES string of the molecule is CC[C@@H]1CC[C@@H](C[C@H](C)[C@@H]2CC(=O)[C@H](C)/C=C(\C)[C@@H](CC)[C@@H](OC)C(=O)[C@H](C)C[C@H](C)/C=C/C=C/C=C(\C)[C@@H](OC)C[C@@H]3CC[C@@H](C)[C@@](O)(O3)C(=O)C(=O)N3CCCC[C@H]3C(=O)O2)C[C@H]1O. The number of carbonyl (C=O) groups is 5. The fourth-order valence-electron chi connectivity index (χ4n) is 11.1. The molecular formula is C54H85NO11. The van der Waals surface area contributed by atoms with Crippen LogP contribution in [0.3, 0.4) is 0 Å². The summed E-state index contributed by atoms with van der Waals surface area (Å²) in [5, 5.41) is 22.9. The lowest BCUT2D eigenvalue weighted by atomic mass is 9.74. The molecule has 1 aliphatic carbocycles. The predicted octanol–water partition coefficient (Wildman–Crippen LogP) is 8.86. The lowest BCUT2D eigenvalue weighted by Gasteiger charge is -2.42. The molecule has 4 aliphatic rings. The number of nitrogens with zero attached hydrogens (tertiary/aromatic N) is 1. The number of aliphatic hydroxyl groups excluding tert-OH is 1. The number of cyclic esters (lactones) is 1. The standard InChI is InChI=1S/C54H85NO11/c1-12-41-24-23-40(30-46(41)57)29-37(7)48-32-45(56)36(6)28-35(5)43(13-2)50(64-11)49(58)38(8)27-33(3)19-15-14-16-20-34(4)47(63-10)31-42-25-22-39(9)54(62,66-42)51(59)52(60)55-26-18-17-21-44(55)53(61)65-48/h14-16,19-20,28,33,36-44,46-48,50,57,62H,12-13,17-18,21-27,29-32H2,1-11H3/b16-14+,19-15+,34-20+,35-28+/t33-,36-,37+,38-,39-,40+,41-,42+,43-,44+,46-,47+,48+,50-,54-/m1/s1. The van der Waals surface area contributed by atoms with Crippen molar-refractivity contribution in [1.29, 1.82) is 0 Å². The Bertz CT molecular complexity index is 1770. The number of hydrogen-bond donors (Lipinski definition) is 2. The summed E-state index contributed by atoms with van der Waals surface area (Å²) in [6.45, 7) is 17.6. The van der Waals surface area contributed by atoms with Crippen molar-refractivity contribution in [2.24, 2.45) is 47.3 Å². The van der Waals surface area contributed by atoms with Crippen molar-refractivity contribution in [1.82, 2.24) is 4.90 Å². The molecule has 2 saturated heterocycles. The number of esters is 1. The van der Waals surface area contributed by atoms with Crippen LogP contribution < -0.4 is 0 Å². The maximum absolute atomic E-state index is 14.4. The molecule has 66 heavy (non-hydrogen) atoms. The van der Waals surface area contributed by atoms with Crippen molar-refractivity contribution in [3.8, 4) is 0 Å². The zero-order valence-electron chi connectivity index (χ0n) is 42.2. The number of carbonyl (C=O) groups excluding carboxylic acids is 5. The van der Waals surface area contributed by atoms with E-state index in [1.54, 1.807) is 21.1 Å². The highest BCUT2D eigenvalue weighted by Gasteiger charge is 2.53. The van der Waals surface area contributed by atoms with Gasteiger partial charge in [-0.1, -0.05) is 96.9 Å². The zero-order chi connectivity index (χ0) is 48.9. The highest BCUT2D eigenvalue weighted by atomic mass is 16.6. The molecular weight excluding hydrogens is 839 g/mol. The van der Waals surface area contributed by atoms with Crippen LogP contribution in [0.4, 0.5) is 0 Å². The zero-order valence-corrected chi connectivity index (χ0v) is 42.2. The van der Waals surface area contributed by atoms with Gasteiger partial charge in [0.05, 0.1) is 18.3 Å². The Hall–Kier alpha value is -3.29. The fourth-order valence-corrected chi connectivity index (χ4v) is 11.1. The van der Waals surface area contributed by atoms with E-state index in [-0.39, 0.29) is 66.5 Å². The molecule has 12 heteroatoms. The van der Waals surface area contributed by atoms with Gasteiger partial charge in [-0.3, -0.25) is 19.2 Å². The van der Waals surface area contributed by atoms with Crippen LogP contribution in [0.15, 0.2) is 47.6 Å². The molecule has 2 bridgehead atoms. The van der Waals surface area contributed by atoms with E-state index in [0.29, 0.717) is 57.8 Å². The quantitative estimate of drug-likeness (QED) is 0.142. The topological polar surface area (TPSA) is 166 Å². The lowest BCUT2D eigenvalue weighted by Crippen LogP contribution is -2.61. The second-order valence-electron chi connectivity index (χ2n) is 20.6. The van der Waals surface area contributed by atoms with Crippen LogP contribution in [0.5, 0.6) is 0 Å². The van der Waals surface area contributed by atoms with E-state index in [4.69, 9.17) is 18.9 Å². The van der Waals surface area contributed by atoms with Crippen LogP contribution >= 0.6 is 0 Å². The van der Waals surface area contributed by atoms with E-state index < -0.39 is 71.8 Å². The normalized spacial score (nSPS) is 40.0. The number of ketones is 3. The predicted molar refractivity (Wildman–Crippen MR) is 256 cm³/mol. The number of fused-ring (bicyclic) bond motifs is 3. The first kappa shape index (κ1) is 55.3. The molecule has 372 valence electrons. The van der Waals surface area contributed by atoms with Gasteiger partial charge in [-0.05, 0) is 114 Å². The van der Waals surface area contributed by atoms with E-state index in [1.807, 2.05) is 71.9 Å². The van der Waals surface area contributed by atoms with Crippen molar-refractivity contribution in [3.63, 3.8) is 0 Å². The van der Waals surface area contributed by atoms with Crippen LogP contribution in [-0.2, 0) is 42.9 Å². The van der Waals surface area contributed by atoms with Gasteiger partial charge in [0, 0.05) is 57.3 Å². The summed E-state index contributed by atoms with van der Waals surface area (Å²) in [6.07, 6.45) is 16.8. The van der Waals surface area contributed by atoms with Crippen LogP contribution in [0.2, 0.25) is 0 Å². The van der Waals surface area contributed by atoms with E-state index in [0.717, 1.165) is 30.4 Å². The molecule has 0 unspecified atom stereocenters. The van der Waals surface area contributed by atoms with Crippen molar-refractivity contribution >= 4 is 29.2 Å². The summed E-state index contributed by atoms with van der Waals surface area (Å²) in [5.74, 6) is -6.82. The number of aliphatic hydroxyl groups is 2. The first-order valence-electron chi connectivity index (χ1n) is 25.3. The molecule has 15 atom stereocenters. The molecule has 3 fully saturated rings. The molecule has 0 aromatic heterocycles. The number of ether oxygens (including phenoxy) is 4. The molecule has 3 aliphatic heterocycles. The number of allylic oxidation sites excluding steroid dienone is 6. The molecule has 3 heterocycles. The van der Waals surface area contributed by atoms with Crippen molar-refractivity contribution in [2.45, 2.75) is 195 Å². The molecule has 1 saturated carbocycles. The third-order valence-corrected chi connectivity index (χ3v) is 15.5. The van der Waals surface area contributed by atoms with Crippen LogP contribution in [0.1, 0.15) is 152 Å². The molecule has 0 aromatic carbocycles. The van der Waals surface area contributed by atoms with Gasteiger partial charge in [-0.2, -0.15) is 0 Å². The lowest BCUT2D eigenvalue weighted by molar-refractivity contribution is -0.265. The fraction of sp³-hybridized carbons (Fsp3) is 0.759. The number of amides is 1. The highest BCUT2D eigenvalue weighted by molar-refractivity contribution is 6.39. The van der Waals surface area contributed by atoms with E-state index in [2.05, 4.69) is 19.9 Å². The first-order valence-corrected chi connectivity index (χ1v) is 25.3. The monoisotopic (exact) mass is 924 g/mol. The minimum atomic E-state index is -2.40. The second kappa shape index (κ2) is 25.9. The maximum atomic E-state index is 14.4. The van der Waals surface area contributed by atoms with Gasteiger partial charge in [0.25, 0.3) is 11.7 Å². The van der Waals surface area contributed by atoms with Gasteiger partial charge >= 0.3 is 5.97 Å². The Morgan fingerprint density at radius 1 is 0.864 bits per heavy atom. The summed E-state index contributed by atoms with van der Waals surface area (Å²) in [4.78, 5) is 72.5. The first-order chi connectivity index (χ1) is 31.3. The molecule has 4 rings (SSSR count). The van der Waals surface area contributed by atoms with Crippen molar-refractivity contribution in [3.05, 3.63) is 47.6 Å². The Labute approximate surface area is 396 Å². The summed E-state index contributed by atoms with van der Waals surface area (Å²) >= 11 is 0. The van der Waals surface area contributed by atoms with Gasteiger partial charge < -0.3 is 34.1 Å². The van der Waals surface area contributed by atoms with Gasteiger partial charge in [0.1, 0.15) is 24.0 Å². The Morgan fingerprint density at radius 2 is 1.59 bits per heavy atom. The smallest absolute Gasteiger partial charge is 0.329 e. The number of Topliss-reactive ketones (excluding diaryl/α,β-unsaturated/α-hetero) is 3. The van der Waals surface area contributed by atoms with Crippen molar-refractivity contribution in [2.75, 3.05) is 20.8 Å². The Balaban J connectivity index is 1.72. The van der Waals surface area contributed by atoms with Crippen LogP contribution in [-0.4, -0.2) is 107 Å². The van der Waals surface area contributed by atoms with Gasteiger partial charge in [0.15, 0.2) is 5.78 Å². The van der Waals surface area contributed by atoms with Crippen LogP contribution in [0.25, 0.3) is 0 Å². The van der Waals surface area contributed by atoms with Gasteiger partial charge in [-0.15, -0.1) is 0 Å². The minimum absolute atomic E-state index is 0.0191. The van der Waals surface area contributed by atoms with E-state index in [9.17, 15) is 34.2 Å². The summed E-state index contributed by atoms with van der Waals surface area (Å²) < 4.78 is 24.3. The highest BCUT2D eigenvalue weighted by Crippen LogP contribution is 2.39. The van der Waals surface area contributed by atoms with E-state index in [1.165, 1.54) is 4.90 Å². The third kappa shape index (κ3) is 14.4. The summed E-state index contributed by atoms with van der Waals surface area (Å²) in [5.41, 5.74) is 1.78.